The van der Waals surface area contributed by atoms with Crippen LogP contribution < -0.4 is 5.32 Å². The van der Waals surface area contributed by atoms with Gasteiger partial charge >= 0.3 is 5.97 Å². The van der Waals surface area contributed by atoms with E-state index in [0.717, 1.165) is 4.88 Å². The van der Waals surface area contributed by atoms with Gasteiger partial charge in [-0.3, -0.25) is 4.79 Å². The van der Waals surface area contributed by atoms with Crippen LogP contribution in [0.2, 0.25) is 4.34 Å². The first kappa shape index (κ1) is 13.6. The molecule has 1 amide bonds. The summed E-state index contributed by atoms with van der Waals surface area (Å²) in [5.41, 5.74) is 0. The first-order valence-corrected chi connectivity index (χ1v) is 6.61. The smallest absolute Gasteiger partial charge is 0.371 e. The van der Waals surface area contributed by atoms with Crippen molar-refractivity contribution in [3.63, 3.8) is 0 Å². The quantitative estimate of drug-likeness (QED) is 0.889. The maximum absolute atomic E-state index is 11.7. The van der Waals surface area contributed by atoms with E-state index in [9.17, 15) is 9.59 Å². The number of amides is 1. The Morgan fingerprint density at radius 3 is 2.58 bits per heavy atom. The molecule has 2 N–H and O–H groups in total. The predicted octanol–water partition coefficient (Wildman–Crippen LogP) is 2.67. The molecule has 0 saturated heterocycles. The molecule has 7 heteroatoms. The summed E-state index contributed by atoms with van der Waals surface area (Å²) in [4.78, 5) is 23.3. The Kier molecular flexibility index (Phi) is 4.24. The monoisotopic (exact) mass is 299 g/mol. The lowest BCUT2D eigenvalue weighted by atomic mass is 10.3. The molecule has 5 nitrogen and oxygen atoms in total. The fourth-order valence-corrected chi connectivity index (χ4v) is 2.53. The molecule has 0 aliphatic carbocycles. The second kappa shape index (κ2) is 5.90. The van der Waals surface area contributed by atoms with E-state index in [1.54, 1.807) is 6.07 Å². The van der Waals surface area contributed by atoms with Crippen molar-refractivity contribution in [1.29, 1.82) is 0 Å². The van der Waals surface area contributed by atoms with E-state index in [1.165, 1.54) is 23.5 Å². The molecule has 0 aliphatic heterocycles. The van der Waals surface area contributed by atoms with Crippen molar-refractivity contribution in [3.05, 3.63) is 45.0 Å². The minimum absolute atomic E-state index is 0.0124. The molecule has 0 unspecified atom stereocenters. The number of carbonyl (C=O) groups excluding carboxylic acids is 1. The van der Waals surface area contributed by atoms with Crippen LogP contribution in [0.25, 0.3) is 0 Å². The normalized spacial score (nSPS) is 10.4. The van der Waals surface area contributed by atoms with E-state index in [2.05, 4.69) is 5.32 Å². The average molecular weight is 300 g/mol. The second-order valence-corrected chi connectivity index (χ2v) is 5.48. The highest BCUT2D eigenvalue weighted by atomic mass is 35.5. The van der Waals surface area contributed by atoms with Gasteiger partial charge < -0.3 is 14.8 Å². The number of carbonyl (C=O) groups is 2. The van der Waals surface area contributed by atoms with Crippen LogP contribution in [-0.2, 0) is 6.42 Å². The van der Waals surface area contributed by atoms with Gasteiger partial charge in [-0.15, -0.1) is 11.3 Å². The van der Waals surface area contributed by atoms with Crippen LogP contribution in [0, 0.1) is 0 Å². The van der Waals surface area contributed by atoms with Gasteiger partial charge in [0.2, 0.25) is 5.76 Å². The van der Waals surface area contributed by atoms with Crippen LogP contribution >= 0.6 is 22.9 Å². The summed E-state index contributed by atoms with van der Waals surface area (Å²) in [5, 5.41) is 11.3. The topological polar surface area (TPSA) is 79.5 Å². The Morgan fingerprint density at radius 1 is 1.26 bits per heavy atom. The second-order valence-electron chi connectivity index (χ2n) is 3.68. The highest BCUT2D eigenvalue weighted by Crippen LogP contribution is 2.21. The minimum Gasteiger partial charge on any atom is -0.475 e. The van der Waals surface area contributed by atoms with Gasteiger partial charge in [0.25, 0.3) is 5.91 Å². The van der Waals surface area contributed by atoms with Crippen molar-refractivity contribution < 1.29 is 19.1 Å². The van der Waals surface area contributed by atoms with Gasteiger partial charge in [-0.05, 0) is 30.7 Å². The molecule has 19 heavy (non-hydrogen) atoms. The molecule has 0 aliphatic rings. The van der Waals surface area contributed by atoms with Crippen molar-refractivity contribution in [1.82, 2.24) is 5.32 Å². The van der Waals surface area contributed by atoms with E-state index < -0.39 is 11.9 Å². The average Bonchev–Trinajstić information content (AvgIpc) is 2.98. The Hall–Kier alpha value is -1.79. The molecule has 2 aromatic rings. The number of furan rings is 1. The van der Waals surface area contributed by atoms with Crippen LogP contribution in [0.15, 0.2) is 28.7 Å². The van der Waals surface area contributed by atoms with Crippen molar-refractivity contribution in [2.24, 2.45) is 0 Å². The minimum atomic E-state index is -1.20. The SMILES string of the molecule is O=C(O)c1ccc(C(=O)NCCc2ccc(Cl)s2)o1. The molecule has 0 radical (unpaired) electrons. The third-order valence-electron chi connectivity index (χ3n) is 2.33. The van der Waals surface area contributed by atoms with E-state index in [0.29, 0.717) is 17.3 Å². The van der Waals surface area contributed by atoms with E-state index >= 15 is 0 Å². The number of carboxylic acid groups (broad SMARTS) is 1. The summed E-state index contributed by atoms with van der Waals surface area (Å²) in [6.07, 6.45) is 0.662. The van der Waals surface area contributed by atoms with Crippen molar-refractivity contribution in [2.45, 2.75) is 6.42 Å². The van der Waals surface area contributed by atoms with Crippen molar-refractivity contribution in [3.8, 4) is 0 Å². The number of rotatable bonds is 5. The van der Waals surface area contributed by atoms with Gasteiger partial charge in [-0.1, -0.05) is 11.6 Å². The summed E-state index contributed by atoms with van der Waals surface area (Å²) in [5.74, 6) is -1.90. The first-order chi connectivity index (χ1) is 9.06. The number of halogens is 1. The van der Waals surface area contributed by atoms with E-state index in [4.69, 9.17) is 21.1 Å². The van der Waals surface area contributed by atoms with Crippen LogP contribution in [0.3, 0.4) is 0 Å². The Labute approximate surface area is 117 Å². The number of hydrogen-bond donors (Lipinski definition) is 2. The van der Waals surface area contributed by atoms with Crippen LogP contribution in [0.4, 0.5) is 0 Å². The van der Waals surface area contributed by atoms with Crippen LogP contribution in [-0.4, -0.2) is 23.5 Å². The summed E-state index contributed by atoms with van der Waals surface area (Å²) < 4.78 is 5.59. The number of carboxylic acids is 1. The largest absolute Gasteiger partial charge is 0.475 e. The van der Waals surface area contributed by atoms with Crippen molar-refractivity contribution in [2.75, 3.05) is 6.54 Å². The highest BCUT2D eigenvalue weighted by molar-refractivity contribution is 7.16. The Balaban J connectivity index is 1.85. The molecule has 0 saturated carbocycles. The zero-order valence-electron chi connectivity index (χ0n) is 9.68. The lowest BCUT2D eigenvalue weighted by Crippen LogP contribution is -2.25. The fourth-order valence-electron chi connectivity index (χ4n) is 1.45. The molecule has 0 spiro atoms. The highest BCUT2D eigenvalue weighted by Gasteiger charge is 2.14. The molecule has 0 fully saturated rings. The van der Waals surface area contributed by atoms with E-state index in [1.807, 2.05) is 6.07 Å². The van der Waals surface area contributed by atoms with Crippen LogP contribution in [0.1, 0.15) is 26.0 Å². The zero-order valence-corrected chi connectivity index (χ0v) is 11.3. The molecular formula is C12H10ClNO4S. The lowest BCUT2D eigenvalue weighted by molar-refractivity contribution is 0.0659. The summed E-state index contributed by atoms with van der Waals surface area (Å²) in [6, 6.07) is 6.28. The third-order valence-corrected chi connectivity index (χ3v) is 3.62. The number of thiophene rings is 1. The number of aromatic carboxylic acids is 1. The Morgan fingerprint density at radius 2 is 2.00 bits per heavy atom. The Bertz CT molecular complexity index is 604. The number of hydrogen-bond acceptors (Lipinski definition) is 4. The lowest BCUT2D eigenvalue weighted by Gasteiger charge is -2.01. The summed E-state index contributed by atoms with van der Waals surface area (Å²) in [6.45, 7) is 0.429. The van der Waals surface area contributed by atoms with Gasteiger partial charge in [0.1, 0.15) is 0 Å². The summed E-state index contributed by atoms with van der Waals surface area (Å²) in [7, 11) is 0. The molecular weight excluding hydrogens is 290 g/mol. The van der Waals surface area contributed by atoms with Gasteiger partial charge in [0.05, 0.1) is 4.34 Å². The molecule has 100 valence electrons. The number of nitrogens with one attached hydrogen (secondary N) is 1. The fraction of sp³-hybridized carbons (Fsp3) is 0.167. The third kappa shape index (κ3) is 3.59. The molecule has 2 rings (SSSR count). The van der Waals surface area contributed by atoms with Gasteiger partial charge in [0, 0.05) is 11.4 Å². The zero-order chi connectivity index (χ0) is 13.8. The van der Waals surface area contributed by atoms with Crippen LogP contribution in [0.5, 0.6) is 0 Å². The van der Waals surface area contributed by atoms with Gasteiger partial charge in [-0.25, -0.2) is 4.79 Å². The molecule has 2 aromatic heterocycles. The molecule has 2 heterocycles. The molecule has 0 atom stereocenters. The summed E-state index contributed by atoms with van der Waals surface area (Å²) >= 11 is 7.25. The predicted molar refractivity (Wildman–Crippen MR) is 71.0 cm³/mol. The standard InChI is InChI=1S/C12H10ClNO4S/c13-10-4-1-7(19-10)5-6-14-11(15)8-2-3-9(18-8)12(16)17/h1-4H,5-6H2,(H,14,15)(H,16,17). The maximum atomic E-state index is 11.7. The first-order valence-electron chi connectivity index (χ1n) is 5.42. The van der Waals surface area contributed by atoms with Gasteiger partial charge in [0.15, 0.2) is 5.76 Å². The van der Waals surface area contributed by atoms with Gasteiger partial charge in [-0.2, -0.15) is 0 Å². The molecule has 0 aromatic carbocycles. The van der Waals surface area contributed by atoms with E-state index in [-0.39, 0.29) is 11.5 Å². The molecule has 0 bridgehead atoms. The maximum Gasteiger partial charge on any atom is 0.371 e. The van der Waals surface area contributed by atoms with Crippen molar-refractivity contribution >= 4 is 34.8 Å².